The molecule has 5 heteroatoms. The molecule has 1 amide bonds. The molecule has 1 fully saturated rings. The van der Waals surface area contributed by atoms with Crippen LogP contribution < -0.4 is 10.6 Å². The van der Waals surface area contributed by atoms with Gasteiger partial charge >= 0.3 is 0 Å². The molecule has 2 rings (SSSR count). The first kappa shape index (κ1) is 14.1. The van der Waals surface area contributed by atoms with E-state index in [1.165, 1.54) is 0 Å². The Kier molecular flexibility index (Phi) is 5.15. The lowest BCUT2D eigenvalue weighted by Gasteiger charge is -2.26. The smallest absolute Gasteiger partial charge is 0.263 e. The number of rotatable bonds is 4. The van der Waals surface area contributed by atoms with E-state index in [2.05, 4.69) is 10.6 Å². The molecule has 1 aromatic rings. The second kappa shape index (κ2) is 7.31. The first-order chi connectivity index (χ1) is 9.79. The third-order valence-electron chi connectivity index (χ3n) is 3.12. The quantitative estimate of drug-likeness (QED) is 0.621. The topological polar surface area (TPSA) is 68.2 Å². The van der Waals surface area contributed by atoms with Crippen molar-refractivity contribution in [2.45, 2.75) is 6.54 Å². The van der Waals surface area contributed by atoms with Crippen molar-refractivity contribution in [2.75, 3.05) is 26.2 Å². The van der Waals surface area contributed by atoms with E-state index in [-0.39, 0.29) is 11.5 Å². The third kappa shape index (κ3) is 4.11. The molecule has 1 aliphatic rings. The summed E-state index contributed by atoms with van der Waals surface area (Å²) in [5.41, 5.74) is 1.17. The van der Waals surface area contributed by atoms with Crippen molar-refractivity contribution < 1.29 is 4.79 Å². The summed E-state index contributed by atoms with van der Waals surface area (Å²) >= 11 is 0. The number of nitrogens with one attached hydrogen (secondary N) is 2. The number of carbonyl (C=O) groups excluding carboxylic acids is 1. The van der Waals surface area contributed by atoms with Crippen LogP contribution >= 0.6 is 0 Å². The van der Waals surface area contributed by atoms with Crippen LogP contribution in [-0.4, -0.2) is 37.0 Å². The highest BCUT2D eigenvalue weighted by Crippen LogP contribution is 2.02. The van der Waals surface area contributed by atoms with Crippen LogP contribution in [0, 0.1) is 11.3 Å². The Hall–Kier alpha value is -2.32. The first-order valence-corrected chi connectivity index (χ1v) is 6.68. The minimum Gasteiger partial charge on any atom is -0.374 e. The number of nitrogens with zero attached hydrogens (tertiary/aromatic N) is 2. The van der Waals surface area contributed by atoms with E-state index in [4.69, 9.17) is 5.26 Å². The van der Waals surface area contributed by atoms with Crippen LogP contribution in [0.4, 0.5) is 0 Å². The van der Waals surface area contributed by atoms with Gasteiger partial charge in [-0.05, 0) is 5.56 Å². The fourth-order valence-corrected chi connectivity index (χ4v) is 2.01. The molecule has 0 saturated carbocycles. The Balaban J connectivity index is 1.92. The molecule has 0 atom stereocenters. The van der Waals surface area contributed by atoms with E-state index < -0.39 is 0 Å². The summed E-state index contributed by atoms with van der Waals surface area (Å²) in [5, 5.41) is 15.1. The van der Waals surface area contributed by atoms with Crippen molar-refractivity contribution in [3.05, 3.63) is 47.7 Å². The molecule has 0 radical (unpaired) electrons. The van der Waals surface area contributed by atoms with E-state index in [1.54, 1.807) is 6.20 Å². The lowest BCUT2D eigenvalue weighted by Crippen LogP contribution is -2.41. The Bertz CT molecular complexity index is 512. The molecule has 1 heterocycles. The van der Waals surface area contributed by atoms with Gasteiger partial charge in [-0.15, -0.1) is 0 Å². The molecule has 2 N–H and O–H groups in total. The van der Waals surface area contributed by atoms with Crippen molar-refractivity contribution in [1.82, 2.24) is 15.5 Å². The average Bonchev–Trinajstić information content (AvgIpc) is 2.52. The van der Waals surface area contributed by atoms with Gasteiger partial charge in [0, 0.05) is 38.9 Å². The minimum absolute atomic E-state index is 0.155. The predicted molar refractivity (Wildman–Crippen MR) is 76.4 cm³/mol. The lowest BCUT2D eigenvalue weighted by molar-refractivity contribution is -0.117. The standard InChI is InChI=1S/C15H18N4O/c16-10-14(12-19-8-6-17-7-9-19)15(20)18-11-13-4-2-1-3-5-13/h1-5,12,17H,6-9,11H2,(H,18,20)/b14-12-. The van der Waals surface area contributed by atoms with Gasteiger partial charge in [0.1, 0.15) is 11.6 Å². The average molecular weight is 270 g/mol. The molecule has 0 spiro atoms. The maximum Gasteiger partial charge on any atom is 0.263 e. The van der Waals surface area contributed by atoms with Crippen LogP contribution in [0.3, 0.4) is 0 Å². The summed E-state index contributed by atoms with van der Waals surface area (Å²) in [5.74, 6) is -0.324. The van der Waals surface area contributed by atoms with E-state index in [1.807, 2.05) is 41.3 Å². The van der Waals surface area contributed by atoms with E-state index in [9.17, 15) is 4.79 Å². The highest BCUT2D eigenvalue weighted by Gasteiger charge is 2.12. The fourth-order valence-electron chi connectivity index (χ4n) is 2.01. The molecular weight excluding hydrogens is 252 g/mol. The zero-order valence-electron chi connectivity index (χ0n) is 11.3. The van der Waals surface area contributed by atoms with Gasteiger partial charge in [-0.2, -0.15) is 5.26 Å². The molecule has 104 valence electrons. The summed E-state index contributed by atoms with van der Waals surface area (Å²) in [6.07, 6.45) is 1.65. The Labute approximate surface area is 118 Å². The van der Waals surface area contributed by atoms with Crippen LogP contribution in [0.1, 0.15) is 5.56 Å². The van der Waals surface area contributed by atoms with E-state index in [0.717, 1.165) is 31.7 Å². The highest BCUT2D eigenvalue weighted by atomic mass is 16.1. The lowest BCUT2D eigenvalue weighted by atomic mass is 10.2. The summed E-state index contributed by atoms with van der Waals surface area (Å²) < 4.78 is 0. The zero-order chi connectivity index (χ0) is 14.2. The molecule has 1 saturated heterocycles. The number of carbonyl (C=O) groups is 1. The number of nitriles is 1. The van der Waals surface area contributed by atoms with Gasteiger partial charge < -0.3 is 15.5 Å². The van der Waals surface area contributed by atoms with Crippen LogP contribution in [-0.2, 0) is 11.3 Å². The zero-order valence-corrected chi connectivity index (χ0v) is 11.3. The maximum absolute atomic E-state index is 12.0. The normalized spacial score (nSPS) is 15.6. The monoisotopic (exact) mass is 270 g/mol. The molecule has 0 aromatic heterocycles. The molecule has 20 heavy (non-hydrogen) atoms. The van der Waals surface area contributed by atoms with Crippen LogP contribution in [0.5, 0.6) is 0 Å². The third-order valence-corrected chi connectivity index (χ3v) is 3.12. The first-order valence-electron chi connectivity index (χ1n) is 6.68. The summed E-state index contributed by atoms with van der Waals surface area (Å²) in [7, 11) is 0. The van der Waals surface area contributed by atoms with Gasteiger partial charge in [0.15, 0.2) is 0 Å². The van der Waals surface area contributed by atoms with E-state index >= 15 is 0 Å². The summed E-state index contributed by atoms with van der Waals surface area (Å²) in [6, 6.07) is 11.6. The number of hydrogen-bond acceptors (Lipinski definition) is 4. The van der Waals surface area contributed by atoms with Crippen molar-refractivity contribution in [3.8, 4) is 6.07 Å². The van der Waals surface area contributed by atoms with Gasteiger partial charge in [-0.3, -0.25) is 4.79 Å². The van der Waals surface area contributed by atoms with Crippen LogP contribution in [0.15, 0.2) is 42.1 Å². The largest absolute Gasteiger partial charge is 0.374 e. The summed E-state index contributed by atoms with van der Waals surface area (Å²) in [4.78, 5) is 14.0. The predicted octanol–water partition coefficient (Wildman–Crippen LogP) is 0.615. The molecule has 1 aromatic carbocycles. The summed E-state index contributed by atoms with van der Waals surface area (Å²) in [6.45, 7) is 3.82. The van der Waals surface area contributed by atoms with Gasteiger partial charge in [0.05, 0.1) is 0 Å². The van der Waals surface area contributed by atoms with Gasteiger partial charge in [0.25, 0.3) is 5.91 Å². The second-order valence-electron chi connectivity index (χ2n) is 4.61. The maximum atomic E-state index is 12.0. The van der Waals surface area contributed by atoms with Crippen molar-refractivity contribution in [1.29, 1.82) is 5.26 Å². The van der Waals surface area contributed by atoms with Crippen molar-refractivity contribution in [3.63, 3.8) is 0 Å². The van der Waals surface area contributed by atoms with Gasteiger partial charge in [-0.1, -0.05) is 30.3 Å². The highest BCUT2D eigenvalue weighted by molar-refractivity contribution is 5.97. The fraction of sp³-hybridized carbons (Fsp3) is 0.333. The SMILES string of the molecule is N#C/C(=C/N1CCNCC1)C(=O)NCc1ccccc1. The number of piperazine rings is 1. The van der Waals surface area contributed by atoms with Gasteiger partial charge in [-0.25, -0.2) is 0 Å². The second-order valence-corrected chi connectivity index (χ2v) is 4.61. The van der Waals surface area contributed by atoms with E-state index in [0.29, 0.717) is 6.54 Å². The molecule has 0 bridgehead atoms. The number of hydrogen-bond donors (Lipinski definition) is 2. The number of benzene rings is 1. The molecule has 5 nitrogen and oxygen atoms in total. The Morgan fingerprint density at radius 2 is 2.05 bits per heavy atom. The molecule has 1 aliphatic heterocycles. The molecule has 0 unspecified atom stereocenters. The molecule has 0 aliphatic carbocycles. The molecular formula is C15H18N4O. The van der Waals surface area contributed by atoms with Crippen LogP contribution in [0.25, 0.3) is 0 Å². The Morgan fingerprint density at radius 3 is 2.70 bits per heavy atom. The minimum atomic E-state index is -0.324. The Morgan fingerprint density at radius 1 is 1.35 bits per heavy atom. The van der Waals surface area contributed by atoms with Crippen molar-refractivity contribution in [2.24, 2.45) is 0 Å². The van der Waals surface area contributed by atoms with Crippen LogP contribution in [0.2, 0.25) is 0 Å². The van der Waals surface area contributed by atoms with Gasteiger partial charge in [0.2, 0.25) is 0 Å². The number of amides is 1. The van der Waals surface area contributed by atoms with Crippen molar-refractivity contribution >= 4 is 5.91 Å².